The number of rotatable bonds is 26. The van der Waals surface area contributed by atoms with Gasteiger partial charge < -0.3 is 55.6 Å². The summed E-state index contributed by atoms with van der Waals surface area (Å²) >= 11 is 44.6. The number of alkyl halides is 3. The summed E-state index contributed by atoms with van der Waals surface area (Å²) in [5, 5.41) is 28.2. The number of allylic oxidation sites excluding steroid dienone is 1. The van der Waals surface area contributed by atoms with E-state index in [2.05, 4.69) is 106 Å². The second kappa shape index (κ2) is 83.6. The zero-order valence-electron chi connectivity index (χ0n) is 83.4. The van der Waals surface area contributed by atoms with Crippen molar-refractivity contribution in [3.63, 3.8) is 0 Å². The molecule has 24 nitrogen and oxygen atoms in total. The molecule has 3 saturated heterocycles. The quantitative estimate of drug-likeness (QED) is 0.00449. The molecule has 4 aromatic heterocycles. The third-order valence-corrected chi connectivity index (χ3v) is 19.8. The second-order valence-corrected chi connectivity index (χ2v) is 38.3. The normalized spacial score (nSPS) is 13.9. The van der Waals surface area contributed by atoms with E-state index in [1.54, 1.807) is 77.6 Å². The van der Waals surface area contributed by atoms with Crippen LogP contribution in [0.3, 0.4) is 0 Å². The maximum absolute atomic E-state index is 11.4. The van der Waals surface area contributed by atoms with Gasteiger partial charge in [0.1, 0.15) is 31.3 Å². The molecule has 6 atom stereocenters. The molecule has 3 aliphatic rings. The smallest absolute Gasteiger partial charge is 1.00 e. The molecule has 0 saturated carbocycles. The van der Waals surface area contributed by atoms with Crippen molar-refractivity contribution in [2.24, 2.45) is 47.3 Å². The SMILES string of the molecule is C1CCOC1.C1CCOC1.C1CCOC1.CC(=O)c1cc(Cl)cnc1[C@@H](C)C(C)C.CC(C)[C@H](C)C(=O)O.CC(C)[C@H](C)c1ncc(Cl)cc1CCl.CC(C)[C@H](C)c1ncc(Cl)cc1CO.CC(C)[C@H](C)c1ncc(Cl)cc1COS(C)(=O)=O.CCO.CCOC(=O)CC(=O)[C@@H](C)C(C)C.CCOC(=O)C[C-]=O.CN(C)/C=C(\Cl)C=[N+](C)C.ClCCl.F[P-](F)(F)(F)(F)F.[H-].[K+].[Na+].[OH-]. The Morgan fingerprint density at radius 3 is 1.11 bits per heavy atom. The summed E-state index contributed by atoms with van der Waals surface area (Å²) in [6, 6.07) is 7.08. The van der Waals surface area contributed by atoms with Gasteiger partial charge in [-0.25, -0.2) is 4.58 Å². The topological polar surface area (TPSA) is 340 Å². The number of carbonyl (C=O) groups is 5. The van der Waals surface area contributed by atoms with E-state index in [0.29, 0.717) is 85.8 Å². The van der Waals surface area contributed by atoms with Crippen LogP contribution in [0, 0.1) is 47.3 Å². The first kappa shape index (κ1) is 149. The van der Waals surface area contributed by atoms with E-state index >= 15 is 0 Å². The van der Waals surface area contributed by atoms with Gasteiger partial charge in [0, 0.05) is 161 Å². The summed E-state index contributed by atoms with van der Waals surface area (Å²) in [5.74, 6) is 2.22. The number of aliphatic carboxylic acids is 1. The van der Waals surface area contributed by atoms with Gasteiger partial charge in [0.05, 0.1) is 69.7 Å². The Balaban J connectivity index is -0.000000136. The van der Waals surface area contributed by atoms with Crippen LogP contribution in [0.25, 0.3) is 0 Å². The fourth-order valence-corrected chi connectivity index (χ4v) is 10.7. The number of ether oxygens (including phenoxy) is 5. The third-order valence-electron chi connectivity index (χ3n) is 17.9. The van der Waals surface area contributed by atoms with Gasteiger partial charge in [-0.1, -0.05) is 189 Å². The van der Waals surface area contributed by atoms with Crippen LogP contribution in [0.15, 0.2) is 60.3 Å². The molecule has 0 unspecified atom stereocenters. The van der Waals surface area contributed by atoms with Gasteiger partial charge >= 0.3 is 126 Å². The summed E-state index contributed by atoms with van der Waals surface area (Å²) in [5.41, 5.74) is 6.93. The first-order valence-corrected chi connectivity index (χ1v) is 49.3. The molecule has 756 valence electrons. The number of carboxylic acid groups (broad SMARTS) is 1. The molecule has 7 rings (SSSR count). The average molecular weight is 2110 g/mol. The molecular formula is C89H150Cl8F6KN6NaO18PS-. The van der Waals surface area contributed by atoms with Gasteiger partial charge in [-0.2, -0.15) is 8.42 Å². The number of ketones is 2. The number of aliphatic hydroxyl groups excluding tert-OH is 2. The largest absolute Gasteiger partial charge is 1.00 e. The molecule has 0 amide bonds. The van der Waals surface area contributed by atoms with Crippen LogP contribution >= 0.6 is 101 Å². The summed E-state index contributed by atoms with van der Waals surface area (Å²) < 4.78 is 112. The predicted octanol–water partition coefficient (Wildman–Crippen LogP) is 19.2. The number of aliphatic hydroxyl groups is 2. The molecule has 3 aliphatic heterocycles. The summed E-state index contributed by atoms with van der Waals surface area (Å²) in [6.45, 7) is 50.2. The van der Waals surface area contributed by atoms with Crippen molar-refractivity contribution in [1.29, 1.82) is 0 Å². The Morgan fingerprint density at radius 2 is 0.863 bits per heavy atom. The van der Waals surface area contributed by atoms with Crippen molar-refractivity contribution in [1.82, 2.24) is 24.8 Å². The number of esters is 2. The van der Waals surface area contributed by atoms with Crippen LogP contribution < -0.4 is 80.9 Å². The van der Waals surface area contributed by atoms with Gasteiger partial charge in [-0.05, 0) is 132 Å². The van der Waals surface area contributed by atoms with E-state index in [1.165, 1.54) is 44.8 Å². The zero-order valence-corrected chi connectivity index (χ0v) is 95.3. The first-order valence-electron chi connectivity index (χ1n) is 42.0. The minimum absolute atomic E-state index is 0. The molecule has 0 aliphatic carbocycles. The molecule has 0 aromatic carbocycles. The van der Waals surface area contributed by atoms with Gasteiger partial charge in [-0.3, -0.25) is 54.4 Å². The van der Waals surface area contributed by atoms with Crippen molar-refractivity contribution >= 4 is 153 Å². The van der Waals surface area contributed by atoms with Crippen molar-refractivity contribution in [2.75, 3.05) is 99.2 Å². The number of aromatic nitrogens is 4. The number of halogens is 14. The van der Waals surface area contributed by atoms with Gasteiger partial charge in [0.2, 0.25) is 0 Å². The molecule has 0 spiro atoms. The Hall–Kier alpha value is -2.13. The molecule has 7 heterocycles. The number of hydrogen-bond donors (Lipinski definition) is 3. The molecule has 0 bridgehead atoms. The zero-order chi connectivity index (χ0) is 101. The fourth-order valence-electron chi connectivity index (χ4n) is 9.08. The maximum Gasteiger partial charge on any atom is 1.00 e. The monoisotopic (exact) mass is 2110 g/mol. The van der Waals surface area contributed by atoms with E-state index in [1.807, 2.05) is 97.7 Å². The molecule has 3 fully saturated rings. The number of carboxylic acids is 1. The first-order chi connectivity index (χ1) is 58.9. The van der Waals surface area contributed by atoms with Gasteiger partial charge in [0.25, 0.3) is 16.1 Å². The number of nitrogens with zero attached hydrogens (tertiary/aromatic N) is 6. The molecular weight excluding hydrogens is 1960 g/mol. The minimum Gasteiger partial charge on any atom is -1.00 e. The summed E-state index contributed by atoms with van der Waals surface area (Å²) in [6.07, 6.45) is 20.0. The predicted molar refractivity (Wildman–Crippen MR) is 516 cm³/mol. The maximum atomic E-state index is 11.4. The number of hydrogen-bond acceptors (Lipinski definition) is 22. The molecule has 42 heteroatoms. The fraction of sp³-hybridized carbons (Fsp3) is 0.674. The second-order valence-electron chi connectivity index (χ2n) is 31.5. The molecule has 0 radical (unpaired) electrons. The van der Waals surface area contributed by atoms with E-state index in [9.17, 15) is 67.5 Å². The number of carbonyl (C=O) groups excluding carboxylic acids is 5. The summed E-state index contributed by atoms with van der Waals surface area (Å²) in [4.78, 5) is 82.6. The van der Waals surface area contributed by atoms with Crippen LogP contribution in [0.4, 0.5) is 25.2 Å². The van der Waals surface area contributed by atoms with Crippen LogP contribution in [-0.2, 0) is 81.1 Å². The van der Waals surface area contributed by atoms with E-state index in [0.717, 1.165) is 84.8 Å². The standard InChI is InChI=1S/C12H18ClNO3S.C12H16ClNO.C11H15Cl2N.C11H16ClNO.C10H18O3.C7H14ClN2.C6H12O2.C5H7O3.3C4H8O.C2H6O.CH2Cl2.F6P.K.Na.H2O.H/c1-8(2)9(3)12-10(5-11(13)6-14-12)7-17-18(4,15)16;1-7(2)8(3)12-11(9(4)15)5-10(13)6-14-12;1-7(2)8(3)11-9(5-12)4-10(13)6-14-11;1-7(2)8(3)11-9(6-14)4-10(12)5-13-11;1-5-13-10(12)6-9(11)8(4)7(2)3;1-9(2)5-7(8)6-10(3)4;1-4(2)5(3)6(7)8;1-2-8-5(7)3-4-6;3*1-2-4-5-3-1;1-2-3;2-1-3;1-7(2,3,4,5)6;;;;/h5-6,8-9H,7H2,1-4H3;5-8H,1-4H3;4,6-8H,5H2,1-3H3;4-5,7-8,14H,6H2,1-3H3;7-8H,5-6H2,1-4H3;5-6H,1-4H3;4-5H,1-3H3,(H,7,8);2-3H2,1H3;3*1-4H2;3H,2H2,1H3;1H2;;;;1H2;/q;;;;;+1;;-1;;;;;;-1;2*+1;;-1/p-1/t9-;4*8-;;5-;;;;;;;;;;;/m00000.0.........../s1. The van der Waals surface area contributed by atoms with Crippen molar-refractivity contribution in [3.05, 3.63) is 125 Å². The van der Waals surface area contributed by atoms with Gasteiger partial charge in [0.15, 0.2) is 12.0 Å². The number of Topliss-reactive ketones (excluding diaryl/α,β-unsaturated/α-hetero) is 2. The Labute approximate surface area is 884 Å². The van der Waals surface area contributed by atoms with E-state index in [-0.39, 0.29) is 173 Å². The van der Waals surface area contributed by atoms with Crippen LogP contribution in [0.2, 0.25) is 20.1 Å². The van der Waals surface area contributed by atoms with Crippen LogP contribution in [0.1, 0.15) is 279 Å². The van der Waals surface area contributed by atoms with Crippen molar-refractivity contribution in [2.45, 2.75) is 246 Å². The Morgan fingerprint density at radius 1 is 0.565 bits per heavy atom. The molecule has 4 N–H and O–H groups in total. The van der Waals surface area contributed by atoms with Crippen LogP contribution in [0.5, 0.6) is 0 Å². The Kier molecular flexibility index (Phi) is 95.2. The minimum atomic E-state index is -10.7. The Bertz CT molecular complexity index is 3760. The van der Waals surface area contributed by atoms with Crippen LogP contribution in [-0.4, -0.2) is 200 Å². The van der Waals surface area contributed by atoms with Crippen molar-refractivity contribution < 1.29 is 198 Å². The molecule has 131 heavy (non-hydrogen) atoms. The molecule has 4 aromatic rings. The van der Waals surface area contributed by atoms with E-state index < -0.39 is 35.8 Å². The third kappa shape index (κ3) is 92.6. The average Bonchev–Trinajstić information content (AvgIpc) is 0.941. The number of pyridine rings is 4. The van der Waals surface area contributed by atoms with Gasteiger partial charge in [-0.15, -0.1) is 34.8 Å². The van der Waals surface area contributed by atoms with E-state index in [4.69, 9.17) is 121 Å². The van der Waals surface area contributed by atoms with Crippen molar-refractivity contribution in [3.8, 4) is 0 Å². The summed E-state index contributed by atoms with van der Waals surface area (Å²) in [7, 11) is -6.38.